The molecule has 6 heteroatoms. The Morgan fingerprint density at radius 1 is 1.33 bits per heavy atom. The minimum absolute atomic E-state index is 0.357. The Hall–Kier alpha value is -1.69. The summed E-state index contributed by atoms with van der Waals surface area (Å²) in [7, 11) is 0. The largest absolute Gasteiger partial charge is 0.397 e. The fourth-order valence-electron chi connectivity index (χ4n) is 1.41. The van der Waals surface area contributed by atoms with Crippen LogP contribution in [-0.4, -0.2) is 9.97 Å². The first-order chi connectivity index (χ1) is 8.56. The first-order valence-corrected chi connectivity index (χ1v) is 6.11. The van der Waals surface area contributed by atoms with Crippen LogP contribution in [-0.2, 0) is 6.54 Å². The van der Waals surface area contributed by atoms with Gasteiger partial charge in [-0.1, -0.05) is 0 Å². The molecular formula is C12H12BrFN4. The summed E-state index contributed by atoms with van der Waals surface area (Å²) in [5.74, 6) is -0.381. The number of aryl methyl sites for hydroxylation is 1. The molecule has 2 aromatic rings. The molecule has 1 aromatic carbocycles. The van der Waals surface area contributed by atoms with Crippen molar-refractivity contribution in [3.63, 3.8) is 0 Å². The van der Waals surface area contributed by atoms with Crippen LogP contribution in [0, 0.1) is 12.7 Å². The van der Waals surface area contributed by atoms with E-state index in [1.807, 2.05) is 6.92 Å². The molecule has 0 spiro atoms. The van der Waals surface area contributed by atoms with Gasteiger partial charge in [-0.05, 0) is 28.9 Å². The monoisotopic (exact) mass is 310 g/mol. The summed E-state index contributed by atoms with van der Waals surface area (Å²) in [6.45, 7) is 2.36. The minimum Gasteiger partial charge on any atom is -0.397 e. The Morgan fingerprint density at radius 2 is 2.11 bits per heavy atom. The summed E-state index contributed by atoms with van der Waals surface area (Å²) in [5.41, 5.74) is 8.39. The van der Waals surface area contributed by atoms with E-state index in [2.05, 4.69) is 31.2 Å². The van der Waals surface area contributed by atoms with Gasteiger partial charge in [-0.25, -0.2) is 4.39 Å². The van der Waals surface area contributed by atoms with Gasteiger partial charge in [0.2, 0.25) is 0 Å². The Balaban J connectivity index is 2.10. The van der Waals surface area contributed by atoms with Crippen molar-refractivity contribution in [1.29, 1.82) is 0 Å². The predicted molar refractivity (Wildman–Crippen MR) is 72.6 cm³/mol. The topological polar surface area (TPSA) is 63.8 Å². The highest BCUT2D eigenvalue weighted by molar-refractivity contribution is 9.10. The van der Waals surface area contributed by atoms with Crippen molar-refractivity contribution in [1.82, 2.24) is 9.97 Å². The normalized spacial score (nSPS) is 10.4. The van der Waals surface area contributed by atoms with Crippen LogP contribution in [0.2, 0.25) is 0 Å². The van der Waals surface area contributed by atoms with Gasteiger partial charge in [0.05, 0.1) is 40.0 Å². The van der Waals surface area contributed by atoms with Gasteiger partial charge < -0.3 is 11.1 Å². The number of nitrogen functional groups attached to an aromatic ring is 1. The van der Waals surface area contributed by atoms with E-state index in [-0.39, 0.29) is 5.82 Å². The van der Waals surface area contributed by atoms with Gasteiger partial charge in [-0.15, -0.1) is 0 Å². The number of nitrogens with one attached hydrogen (secondary N) is 1. The lowest BCUT2D eigenvalue weighted by molar-refractivity contribution is 0.622. The summed E-state index contributed by atoms with van der Waals surface area (Å²) in [5, 5.41) is 3.09. The molecule has 0 aliphatic carbocycles. The van der Waals surface area contributed by atoms with Crippen LogP contribution in [0.25, 0.3) is 0 Å². The van der Waals surface area contributed by atoms with Gasteiger partial charge in [-0.2, -0.15) is 0 Å². The molecule has 0 amide bonds. The molecule has 0 saturated heterocycles. The van der Waals surface area contributed by atoms with Crippen molar-refractivity contribution >= 4 is 27.3 Å². The summed E-state index contributed by atoms with van der Waals surface area (Å²) >= 11 is 3.12. The van der Waals surface area contributed by atoms with E-state index < -0.39 is 0 Å². The standard InChI is InChI=1S/C12H12BrFN4/c1-7-4-17-8(5-16-7)6-18-12-2-9(13)10(14)3-11(12)15/h2-5,18H,6,15H2,1H3. The zero-order valence-corrected chi connectivity index (χ0v) is 11.3. The fraction of sp³-hybridized carbons (Fsp3) is 0.167. The lowest BCUT2D eigenvalue weighted by Gasteiger charge is -2.10. The Kier molecular flexibility index (Phi) is 3.76. The first kappa shape index (κ1) is 12.8. The second kappa shape index (κ2) is 5.30. The molecule has 4 nitrogen and oxygen atoms in total. The van der Waals surface area contributed by atoms with Gasteiger partial charge in [0, 0.05) is 12.3 Å². The molecule has 0 unspecified atom stereocenters. The molecule has 0 radical (unpaired) electrons. The predicted octanol–water partition coefficient (Wildman–Crippen LogP) is 2.88. The molecule has 94 valence electrons. The van der Waals surface area contributed by atoms with E-state index in [1.165, 1.54) is 6.07 Å². The quantitative estimate of drug-likeness (QED) is 0.856. The SMILES string of the molecule is Cc1cnc(CNc2cc(Br)c(F)cc2N)cn1. The highest BCUT2D eigenvalue weighted by Gasteiger charge is 2.06. The van der Waals surface area contributed by atoms with E-state index in [4.69, 9.17) is 5.73 Å². The van der Waals surface area contributed by atoms with E-state index in [0.717, 1.165) is 11.4 Å². The number of anilines is 2. The Morgan fingerprint density at radius 3 is 2.78 bits per heavy atom. The summed E-state index contributed by atoms with van der Waals surface area (Å²) in [4.78, 5) is 8.35. The van der Waals surface area contributed by atoms with Gasteiger partial charge in [0.15, 0.2) is 0 Å². The molecular weight excluding hydrogens is 299 g/mol. The number of nitrogens with two attached hydrogens (primary N) is 1. The van der Waals surface area contributed by atoms with Crippen LogP contribution in [0.15, 0.2) is 29.0 Å². The van der Waals surface area contributed by atoms with E-state index in [1.54, 1.807) is 18.5 Å². The third kappa shape index (κ3) is 2.95. The number of benzene rings is 1. The van der Waals surface area contributed by atoms with Crippen molar-refractivity contribution in [2.75, 3.05) is 11.1 Å². The van der Waals surface area contributed by atoms with Crippen molar-refractivity contribution in [3.8, 4) is 0 Å². The maximum atomic E-state index is 13.2. The number of aromatic nitrogens is 2. The molecule has 3 N–H and O–H groups in total. The summed E-state index contributed by atoms with van der Waals surface area (Å²) < 4.78 is 13.6. The highest BCUT2D eigenvalue weighted by atomic mass is 79.9. The molecule has 0 aliphatic rings. The zero-order valence-electron chi connectivity index (χ0n) is 9.74. The van der Waals surface area contributed by atoms with Crippen molar-refractivity contribution < 1.29 is 4.39 Å². The third-order valence-electron chi connectivity index (χ3n) is 2.39. The molecule has 2 rings (SSSR count). The third-order valence-corrected chi connectivity index (χ3v) is 2.99. The van der Waals surface area contributed by atoms with Gasteiger partial charge in [0.1, 0.15) is 5.82 Å². The number of nitrogens with zero attached hydrogens (tertiary/aromatic N) is 2. The zero-order chi connectivity index (χ0) is 13.1. The van der Waals surface area contributed by atoms with Gasteiger partial charge in [0.25, 0.3) is 0 Å². The number of hydrogen-bond acceptors (Lipinski definition) is 4. The molecule has 0 fully saturated rings. The molecule has 0 saturated carbocycles. The van der Waals surface area contributed by atoms with Crippen molar-refractivity contribution in [2.45, 2.75) is 13.5 Å². The average molecular weight is 311 g/mol. The smallest absolute Gasteiger partial charge is 0.139 e. The lowest BCUT2D eigenvalue weighted by atomic mass is 10.2. The van der Waals surface area contributed by atoms with Crippen LogP contribution in [0.3, 0.4) is 0 Å². The first-order valence-electron chi connectivity index (χ1n) is 5.32. The summed E-state index contributed by atoms with van der Waals surface area (Å²) in [6.07, 6.45) is 3.39. The number of hydrogen-bond donors (Lipinski definition) is 2. The van der Waals surface area contributed by atoms with Crippen LogP contribution in [0.1, 0.15) is 11.4 Å². The number of halogens is 2. The Bertz CT molecular complexity index is 557. The van der Waals surface area contributed by atoms with Crippen LogP contribution in [0.4, 0.5) is 15.8 Å². The van der Waals surface area contributed by atoms with Crippen LogP contribution in [0.5, 0.6) is 0 Å². The summed E-state index contributed by atoms with van der Waals surface area (Å²) in [6, 6.07) is 2.87. The molecule has 0 bridgehead atoms. The molecule has 0 atom stereocenters. The van der Waals surface area contributed by atoms with Crippen molar-refractivity contribution in [3.05, 3.63) is 46.2 Å². The lowest BCUT2D eigenvalue weighted by Crippen LogP contribution is -2.05. The maximum absolute atomic E-state index is 13.2. The van der Waals surface area contributed by atoms with Gasteiger partial charge in [-0.3, -0.25) is 9.97 Å². The minimum atomic E-state index is -0.381. The van der Waals surface area contributed by atoms with Gasteiger partial charge >= 0.3 is 0 Å². The van der Waals surface area contributed by atoms with Crippen molar-refractivity contribution in [2.24, 2.45) is 0 Å². The van der Waals surface area contributed by atoms with Crippen LogP contribution >= 0.6 is 15.9 Å². The highest BCUT2D eigenvalue weighted by Crippen LogP contribution is 2.26. The second-order valence-electron chi connectivity index (χ2n) is 3.86. The van der Waals surface area contributed by atoms with E-state index >= 15 is 0 Å². The molecule has 0 aliphatic heterocycles. The molecule has 1 aromatic heterocycles. The van der Waals surface area contributed by atoms with E-state index in [0.29, 0.717) is 22.4 Å². The maximum Gasteiger partial charge on any atom is 0.139 e. The average Bonchev–Trinajstić information content (AvgIpc) is 2.34. The Labute approximate surface area is 113 Å². The van der Waals surface area contributed by atoms with E-state index in [9.17, 15) is 4.39 Å². The second-order valence-corrected chi connectivity index (χ2v) is 4.71. The fourth-order valence-corrected chi connectivity index (χ4v) is 1.76. The molecule has 1 heterocycles. The number of rotatable bonds is 3. The molecule has 18 heavy (non-hydrogen) atoms. The van der Waals surface area contributed by atoms with Crippen LogP contribution < -0.4 is 11.1 Å².